The summed E-state index contributed by atoms with van der Waals surface area (Å²) in [5.41, 5.74) is -0.223. The van der Waals surface area contributed by atoms with Crippen LogP contribution in [0.3, 0.4) is 0 Å². The number of anilines is 1. The lowest BCUT2D eigenvalue weighted by atomic mass is 9.93. The summed E-state index contributed by atoms with van der Waals surface area (Å²) in [5, 5.41) is 34.1. The topological polar surface area (TPSA) is 125 Å². The highest BCUT2D eigenvalue weighted by Crippen LogP contribution is 2.24. The highest BCUT2D eigenvalue weighted by Gasteiger charge is 2.23. The third-order valence-electron chi connectivity index (χ3n) is 3.19. The van der Waals surface area contributed by atoms with Crippen LogP contribution in [0.1, 0.15) is 12.5 Å². The highest BCUT2D eigenvalue weighted by atomic mass is 16.6. The van der Waals surface area contributed by atoms with Crippen molar-refractivity contribution in [2.45, 2.75) is 13.8 Å². The number of hydrogen-bond donors (Lipinski definition) is 4. The van der Waals surface area contributed by atoms with Gasteiger partial charge in [-0.3, -0.25) is 10.1 Å². The summed E-state index contributed by atoms with van der Waals surface area (Å²) >= 11 is 0. The Morgan fingerprint density at radius 1 is 1.38 bits per heavy atom. The molecule has 0 saturated heterocycles. The molecule has 0 aliphatic heterocycles. The Morgan fingerprint density at radius 2 is 2.00 bits per heavy atom. The Morgan fingerprint density at radius 3 is 2.52 bits per heavy atom. The van der Waals surface area contributed by atoms with Gasteiger partial charge in [-0.2, -0.15) is 0 Å². The summed E-state index contributed by atoms with van der Waals surface area (Å²) in [6.45, 7) is 2.67. The van der Waals surface area contributed by atoms with Gasteiger partial charge in [0.25, 0.3) is 5.69 Å². The van der Waals surface area contributed by atoms with E-state index in [2.05, 4.69) is 10.6 Å². The first kappa shape index (κ1) is 16.9. The molecule has 0 aliphatic carbocycles. The van der Waals surface area contributed by atoms with Gasteiger partial charge in [0.15, 0.2) is 0 Å². The molecule has 0 atom stereocenters. The van der Waals surface area contributed by atoms with Gasteiger partial charge in [0.2, 0.25) is 0 Å². The molecule has 0 radical (unpaired) electrons. The molecule has 0 heterocycles. The summed E-state index contributed by atoms with van der Waals surface area (Å²) in [6.07, 6.45) is 0. The summed E-state index contributed by atoms with van der Waals surface area (Å²) < 4.78 is 0. The van der Waals surface area contributed by atoms with Crippen LogP contribution in [-0.2, 0) is 0 Å². The minimum absolute atomic E-state index is 0.0693. The monoisotopic (exact) mass is 297 g/mol. The van der Waals surface area contributed by atoms with Crippen molar-refractivity contribution in [1.29, 1.82) is 0 Å². The number of aliphatic hydroxyl groups excluding tert-OH is 2. The third-order valence-corrected chi connectivity index (χ3v) is 3.19. The summed E-state index contributed by atoms with van der Waals surface area (Å²) in [5.74, 6) is 0. The number of hydrogen-bond acceptors (Lipinski definition) is 5. The lowest BCUT2D eigenvalue weighted by Crippen LogP contribution is -2.42. The maximum absolute atomic E-state index is 11.8. The van der Waals surface area contributed by atoms with Crippen molar-refractivity contribution in [3.63, 3.8) is 0 Å². The van der Waals surface area contributed by atoms with Crippen LogP contribution in [0.15, 0.2) is 18.2 Å². The van der Waals surface area contributed by atoms with E-state index in [-0.39, 0.29) is 25.4 Å². The molecule has 2 amide bonds. The van der Waals surface area contributed by atoms with Crippen molar-refractivity contribution >= 4 is 17.4 Å². The summed E-state index contributed by atoms with van der Waals surface area (Å²) in [4.78, 5) is 22.1. The number of rotatable bonds is 6. The van der Waals surface area contributed by atoms with Gasteiger partial charge in [0, 0.05) is 18.0 Å². The van der Waals surface area contributed by atoms with Crippen LogP contribution < -0.4 is 10.6 Å². The fourth-order valence-electron chi connectivity index (χ4n) is 1.58. The van der Waals surface area contributed by atoms with Crippen LogP contribution in [0.25, 0.3) is 0 Å². The average molecular weight is 297 g/mol. The standard InChI is InChI=1S/C13H19N3O5/c1-9-10(4-3-5-11(9)16(20)21)15-12(19)14-6-13(2,7-17)8-18/h3-5,17-18H,6-8H2,1-2H3,(H2,14,15,19). The van der Waals surface area contributed by atoms with E-state index < -0.39 is 16.4 Å². The third kappa shape index (κ3) is 4.40. The van der Waals surface area contributed by atoms with Gasteiger partial charge in [-0.15, -0.1) is 0 Å². The maximum atomic E-state index is 11.8. The predicted molar refractivity (Wildman–Crippen MR) is 77.1 cm³/mol. The minimum atomic E-state index is -0.824. The molecule has 4 N–H and O–H groups in total. The molecule has 8 nitrogen and oxygen atoms in total. The Balaban J connectivity index is 2.72. The molecule has 21 heavy (non-hydrogen) atoms. The van der Waals surface area contributed by atoms with E-state index in [1.165, 1.54) is 12.1 Å². The maximum Gasteiger partial charge on any atom is 0.319 e. The number of nitro groups is 1. The summed E-state index contributed by atoms with van der Waals surface area (Å²) in [7, 11) is 0. The van der Waals surface area contributed by atoms with Gasteiger partial charge in [-0.05, 0) is 13.0 Å². The Bertz CT molecular complexity index is 529. The van der Waals surface area contributed by atoms with Gasteiger partial charge in [0.1, 0.15) is 0 Å². The average Bonchev–Trinajstić information content (AvgIpc) is 2.46. The number of nitrogens with zero attached hydrogens (tertiary/aromatic N) is 1. The lowest BCUT2D eigenvalue weighted by Gasteiger charge is -2.24. The van der Waals surface area contributed by atoms with Gasteiger partial charge >= 0.3 is 6.03 Å². The van der Waals surface area contributed by atoms with E-state index in [9.17, 15) is 14.9 Å². The zero-order valence-corrected chi connectivity index (χ0v) is 11.9. The molecule has 0 aromatic heterocycles. The quantitative estimate of drug-likeness (QED) is 0.461. The Kier molecular flexibility index (Phi) is 5.62. The number of amides is 2. The zero-order chi connectivity index (χ0) is 16.0. The molecule has 0 fully saturated rings. The van der Waals surface area contributed by atoms with Crippen LogP contribution in [0, 0.1) is 22.5 Å². The smallest absolute Gasteiger partial charge is 0.319 e. The van der Waals surface area contributed by atoms with Crippen LogP contribution in [0.5, 0.6) is 0 Å². The van der Waals surface area contributed by atoms with Gasteiger partial charge < -0.3 is 20.8 Å². The van der Waals surface area contributed by atoms with E-state index in [4.69, 9.17) is 10.2 Å². The fourth-order valence-corrected chi connectivity index (χ4v) is 1.58. The number of aliphatic hydroxyl groups is 2. The van der Waals surface area contributed by atoms with E-state index >= 15 is 0 Å². The van der Waals surface area contributed by atoms with Crippen molar-refractivity contribution in [2.24, 2.45) is 5.41 Å². The second kappa shape index (κ2) is 7.00. The van der Waals surface area contributed by atoms with Crippen LogP contribution in [-0.4, -0.2) is 40.9 Å². The van der Waals surface area contributed by atoms with Crippen LogP contribution >= 0.6 is 0 Å². The van der Waals surface area contributed by atoms with Gasteiger partial charge in [0.05, 0.1) is 29.4 Å². The van der Waals surface area contributed by atoms with Crippen molar-refractivity contribution in [1.82, 2.24) is 5.32 Å². The molecular weight excluding hydrogens is 278 g/mol. The summed E-state index contributed by atoms with van der Waals surface area (Å²) in [6, 6.07) is 3.82. The van der Waals surface area contributed by atoms with Crippen molar-refractivity contribution < 1.29 is 19.9 Å². The molecule has 0 bridgehead atoms. The molecule has 1 aromatic carbocycles. The van der Waals surface area contributed by atoms with Gasteiger partial charge in [-0.1, -0.05) is 13.0 Å². The zero-order valence-electron chi connectivity index (χ0n) is 11.9. The predicted octanol–water partition coefficient (Wildman–Crippen LogP) is 1.02. The van der Waals surface area contributed by atoms with E-state index in [1.54, 1.807) is 19.9 Å². The van der Waals surface area contributed by atoms with Crippen LogP contribution in [0.2, 0.25) is 0 Å². The van der Waals surface area contributed by atoms with E-state index in [1.807, 2.05) is 0 Å². The number of nitro benzene ring substituents is 1. The van der Waals surface area contributed by atoms with Crippen molar-refractivity contribution in [2.75, 3.05) is 25.1 Å². The first-order valence-electron chi connectivity index (χ1n) is 6.33. The Labute approximate surface area is 121 Å². The molecule has 8 heteroatoms. The molecule has 0 spiro atoms. The first-order valence-corrected chi connectivity index (χ1v) is 6.33. The first-order chi connectivity index (χ1) is 9.83. The van der Waals surface area contributed by atoms with Crippen LogP contribution in [0.4, 0.5) is 16.2 Å². The van der Waals surface area contributed by atoms with Crippen molar-refractivity contribution in [3.05, 3.63) is 33.9 Å². The molecule has 116 valence electrons. The largest absolute Gasteiger partial charge is 0.396 e. The number of carbonyl (C=O) groups is 1. The number of urea groups is 1. The van der Waals surface area contributed by atoms with E-state index in [0.29, 0.717) is 11.3 Å². The molecule has 0 saturated carbocycles. The number of benzene rings is 1. The molecule has 0 aliphatic rings. The lowest BCUT2D eigenvalue weighted by molar-refractivity contribution is -0.385. The molecular formula is C13H19N3O5. The number of nitrogens with one attached hydrogen (secondary N) is 2. The SMILES string of the molecule is Cc1c(NC(=O)NCC(C)(CO)CO)cccc1[N+](=O)[O-]. The van der Waals surface area contributed by atoms with E-state index in [0.717, 1.165) is 0 Å². The van der Waals surface area contributed by atoms with Crippen molar-refractivity contribution in [3.8, 4) is 0 Å². The fraction of sp³-hybridized carbons (Fsp3) is 0.462. The highest BCUT2D eigenvalue weighted by molar-refractivity contribution is 5.90. The second-order valence-electron chi connectivity index (χ2n) is 5.14. The number of carbonyl (C=O) groups excluding carboxylic acids is 1. The van der Waals surface area contributed by atoms with Gasteiger partial charge in [-0.25, -0.2) is 4.79 Å². The molecule has 1 aromatic rings. The normalized spacial score (nSPS) is 11.0. The Hall–Kier alpha value is -2.19. The molecule has 1 rings (SSSR count). The second-order valence-corrected chi connectivity index (χ2v) is 5.14. The minimum Gasteiger partial charge on any atom is -0.396 e. The molecule has 0 unspecified atom stereocenters.